The molecule has 0 spiro atoms. The van der Waals surface area contributed by atoms with E-state index in [0.717, 1.165) is 0 Å². The minimum atomic E-state index is -1.54. The van der Waals surface area contributed by atoms with Gasteiger partial charge >= 0.3 is 5.97 Å². The fourth-order valence-electron chi connectivity index (χ4n) is 0.495. The van der Waals surface area contributed by atoms with Gasteiger partial charge in [0.25, 0.3) is 0 Å². The molecule has 0 aliphatic rings. The molecule has 0 aromatic rings. The number of aliphatic carboxylic acids is 1. The molecule has 1 atom stereocenters. The molecule has 12 heavy (non-hydrogen) atoms. The van der Waals surface area contributed by atoms with E-state index in [4.69, 9.17) is 10.2 Å². The fraction of sp³-hybridized carbons (Fsp3) is 0.429. The molecule has 0 aromatic carbocycles. The molecule has 0 heterocycles. The van der Waals surface area contributed by atoms with Crippen molar-refractivity contribution in [2.24, 2.45) is 0 Å². The lowest BCUT2D eigenvalue weighted by molar-refractivity contribution is -0.146. The summed E-state index contributed by atoms with van der Waals surface area (Å²) in [6, 6.07) is 0. The summed E-state index contributed by atoms with van der Waals surface area (Å²) in [6.45, 7) is 1.38. The fourth-order valence-corrected chi connectivity index (χ4v) is 0.495. The minimum absolute atomic E-state index is 0.279. The lowest BCUT2D eigenvalue weighted by Gasteiger charge is -2.04. The summed E-state index contributed by atoms with van der Waals surface area (Å²) in [5.41, 5.74) is 0. The number of nitrogens with one attached hydrogen (secondary N) is 1. The topological polar surface area (TPSA) is 86.6 Å². The molecule has 0 rings (SSSR count). The maximum Gasteiger partial charge on any atom is 0.334 e. The molecule has 5 nitrogen and oxygen atoms in total. The van der Waals surface area contributed by atoms with Crippen molar-refractivity contribution in [1.82, 2.24) is 5.32 Å². The summed E-state index contributed by atoms with van der Waals surface area (Å²) >= 11 is 0. The van der Waals surface area contributed by atoms with Gasteiger partial charge in [-0.25, -0.2) is 4.79 Å². The van der Waals surface area contributed by atoms with Crippen molar-refractivity contribution in [2.75, 3.05) is 6.54 Å². The maximum atomic E-state index is 10.7. The third-order valence-corrected chi connectivity index (χ3v) is 1.07. The quantitative estimate of drug-likeness (QED) is 0.482. The van der Waals surface area contributed by atoms with Crippen molar-refractivity contribution in [1.29, 1.82) is 0 Å². The Hall–Kier alpha value is -1.36. The van der Waals surface area contributed by atoms with Gasteiger partial charge < -0.3 is 15.5 Å². The molecule has 0 aliphatic carbocycles. The van der Waals surface area contributed by atoms with Crippen LogP contribution in [-0.2, 0) is 9.59 Å². The van der Waals surface area contributed by atoms with Gasteiger partial charge in [0.1, 0.15) is 0 Å². The number of aliphatic hydroxyl groups excluding tert-OH is 1. The van der Waals surface area contributed by atoms with E-state index in [1.807, 2.05) is 0 Å². The average molecular weight is 173 g/mol. The number of hydrogen-bond acceptors (Lipinski definition) is 3. The summed E-state index contributed by atoms with van der Waals surface area (Å²) in [4.78, 5) is 20.7. The van der Waals surface area contributed by atoms with Crippen molar-refractivity contribution < 1.29 is 19.8 Å². The SMILES string of the molecule is CC=CC(=O)NCC(O)C(=O)O. The Balaban J connectivity index is 3.68. The molecule has 0 aliphatic heterocycles. The first-order valence-electron chi connectivity index (χ1n) is 3.39. The molecule has 0 saturated carbocycles. The summed E-state index contributed by atoms with van der Waals surface area (Å²) in [5.74, 6) is -1.77. The molecule has 0 radical (unpaired) electrons. The molecule has 0 saturated heterocycles. The molecule has 5 heteroatoms. The van der Waals surface area contributed by atoms with E-state index in [2.05, 4.69) is 5.32 Å². The predicted octanol–water partition coefficient (Wildman–Crippen LogP) is -0.876. The van der Waals surface area contributed by atoms with Crippen LogP contribution in [0.15, 0.2) is 12.2 Å². The van der Waals surface area contributed by atoms with Crippen LogP contribution in [0.1, 0.15) is 6.92 Å². The molecule has 0 bridgehead atoms. The van der Waals surface area contributed by atoms with Gasteiger partial charge in [0, 0.05) is 0 Å². The van der Waals surface area contributed by atoms with Crippen LogP contribution in [0.4, 0.5) is 0 Å². The van der Waals surface area contributed by atoms with E-state index >= 15 is 0 Å². The first-order valence-corrected chi connectivity index (χ1v) is 3.39. The first kappa shape index (κ1) is 10.6. The smallest absolute Gasteiger partial charge is 0.334 e. The highest BCUT2D eigenvalue weighted by Gasteiger charge is 2.12. The number of aliphatic hydroxyl groups is 1. The van der Waals surface area contributed by atoms with E-state index in [1.165, 1.54) is 12.2 Å². The highest BCUT2D eigenvalue weighted by molar-refractivity contribution is 5.87. The third kappa shape index (κ3) is 4.45. The molecule has 0 fully saturated rings. The molecular formula is C7H11NO4. The van der Waals surface area contributed by atoms with Gasteiger partial charge in [-0.05, 0) is 13.0 Å². The van der Waals surface area contributed by atoms with Gasteiger partial charge in [0.2, 0.25) is 5.91 Å². The van der Waals surface area contributed by atoms with E-state index < -0.39 is 18.0 Å². The molecule has 68 valence electrons. The number of carboxylic acids is 1. The lowest BCUT2D eigenvalue weighted by atomic mass is 10.3. The van der Waals surface area contributed by atoms with Crippen LogP contribution in [0.3, 0.4) is 0 Å². The van der Waals surface area contributed by atoms with Crippen LogP contribution in [0, 0.1) is 0 Å². The highest BCUT2D eigenvalue weighted by atomic mass is 16.4. The average Bonchev–Trinajstić information content (AvgIpc) is 2.00. The second kappa shape index (κ2) is 5.31. The van der Waals surface area contributed by atoms with E-state index in [9.17, 15) is 9.59 Å². The summed E-state index contributed by atoms with van der Waals surface area (Å²) in [5, 5.41) is 19.1. The number of carbonyl (C=O) groups excluding carboxylic acids is 1. The zero-order valence-corrected chi connectivity index (χ0v) is 6.65. The number of carbonyl (C=O) groups is 2. The summed E-state index contributed by atoms with van der Waals surface area (Å²) in [7, 11) is 0. The molecule has 3 N–H and O–H groups in total. The van der Waals surface area contributed by atoms with Crippen molar-refractivity contribution in [3.63, 3.8) is 0 Å². The van der Waals surface area contributed by atoms with Crippen LogP contribution in [-0.4, -0.2) is 34.7 Å². The Labute approximate surface area is 69.7 Å². The van der Waals surface area contributed by atoms with Crippen LogP contribution >= 0.6 is 0 Å². The molecule has 1 amide bonds. The summed E-state index contributed by atoms with van der Waals surface area (Å²) < 4.78 is 0. The number of allylic oxidation sites excluding steroid dienone is 1. The Kier molecular flexibility index (Phi) is 4.71. The van der Waals surface area contributed by atoms with E-state index in [-0.39, 0.29) is 6.54 Å². The van der Waals surface area contributed by atoms with Gasteiger partial charge in [-0.2, -0.15) is 0 Å². The molecular weight excluding hydrogens is 162 g/mol. The minimum Gasteiger partial charge on any atom is -0.479 e. The first-order chi connectivity index (χ1) is 5.57. The normalized spacial score (nSPS) is 12.8. The van der Waals surface area contributed by atoms with Crippen LogP contribution in [0.2, 0.25) is 0 Å². The maximum absolute atomic E-state index is 10.7. The third-order valence-electron chi connectivity index (χ3n) is 1.07. The van der Waals surface area contributed by atoms with Crippen molar-refractivity contribution in [3.8, 4) is 0 Å². The second-order valence-electron chi connectivity index (χ2n) is 2.10. The predicted molar refractivity (Wildman–Crippen MR) is 41.5 cm³/mol. The van der Waals surface area contributed by atoms with Crippen molar-refractivity contribution in [3.05, 3.63) is 12.2 Å². The largest absolute Gasteiger partial charge is 0.479 e. The zero-order chi connectivity index (χ0) is 9.56. The highest BCUT2D eigenvalue weighted by Crippen LogP contribution is 1.80. The number of carboxylic acid groups (broad SMARTS) is 1. The standard InChI is InChI=1S/C7H11NO4/c1-2-3-6(10)8-4-5(9)7(11)12/h2-3,5,9H,4H2,1H3,(H,8,10)(H,11,12). The van der Waals surface area contributed by atoms with Gasteiger partial charge in [0.15, 0.2) is 6.10 Å². The van der Waals surface area contributed by atoms with Crippen molar-refractivity contribution >= 4 is 11.9 Å². The van der Waals surface area contributed by atoms with Crippen LogP contribution < -0.4 is 5.32 Å². The Bertz CT molecular complexity index is 200. The Morgan fingerprint density at radius 3 is 2.58 bits per heavy atom. The van der Waals surface area contributed by atoms with Gasteiger partial charge in [-0.15, -0.1) is 0 Å². The summed E-state index contributed by atoms with van der Waals surface area (Å²) in [6.07, 6.45) is 1.22. The van der Waals surface area contributed by atoms with E-state index in [1.54, 1.807) is 6.92 Å². The van der Waals surface area contributed by atoms with Crippen molar-refractivity contribution in [2.45, 2.75) is 13.0 Å². The van der Waals surface area contributed by atoms with Crippen LogP contribution in [0.5, 0.6) is 0 Å². The lowest BCUT2D eigenvalue weighted by Crippen LogP contribution is -2.35. The van der Waals surface area contributed by atoms with Gasteiger partial charge in [-0.3, -0.25) is 4.79 Å². The monoisotopic (exact) mass is 173 g/mol. The van der Waals surface area contributed by atoms with Gasteiger partial charge in [0.05, 0.1) is 6.54 Å². The number of amides is 1. The molecule has 0 aromatic heterocycles. The number of rotatable bonds is 4. The van der Waals surface area contributed by atoms with Crippen LogP contribution in [0.25, 0.3) is 0 Å². The second-order valence-corrected chi connectivity index (χ2v) is 2.10. The number of hydrogen-bond donors (Lipinski definition) is 3. The van der Waals surface area contributed by atoms with E-state index in [0.29, 0.717) is 0 Å². The van der Waals surface area contributed by atoms with Gasteiger partial charge in [-0.1, -0.05) is 6.08 Å². The zero-order valence-electron chi connectivity index (χ0n) is 6.65. The molecule has 1 unspecified atom stereocenters. The Morgan fingerprint density at radius 1 is 1.58 bits per heavy atom. The Morgan fingerprint density at radius 2 is 2.17 bits per heavy atom.